The molecule has 20 heavy (non-hydrogen) atoms. The van der Waals surface area contributed by atoms with Crippen LogP contribution >= 0.6 is 0 Å². The molecule has 0 saturated carbocycles. The van der Waals surface area contributed by atoms with E-state index in [2.05, 4.69) is 9.47 Å². The maximum atomic E-state index is 9.83. The highest BCUT2D eigenvalue weighted by Gasteiger charge is 2.09. The third kappa shape index (κ3) is 18.8. The minimum atomic E-state index is -1.45. The molecular weight excluding hydrogens is 276 g/mol. The summed E-state index contributed by atoms with van der Waals surface area (Å²) in [5.74, 6) is 0. The fourth-order valence-electron chi connectivity index (χ4n) is 0.978. The number of ether oxygens (including phenoxy) is 2. The molecule has 5 N–H and O–H groups in total. The molecule has 9 nitrogen and oxygen atoms in total. The molecule has 0 aromatic carbocycles. The first kappa shape index (κ1) is 20.7. The second kappa shape index (κ2) is 13.8. The average molecular weight is 298 g/mol. The van der Waals surface area contributed by atoms with E-state index < -0.39 is 24.5 Å². The average Bonchev–Trinajstić information content (AvgIpc) is 2.36. The van der Waals surface area contributed by atoms with Crippen molar-refractivity contribution < 1.29 is 44.6 Å². The second-order valence-electron chi connectivity index (χ2n) is 3.83. The van der Waals surface area contributed by atoms with E-state index in [0.29, 0.717) is 12.8 Å². The molecule has 120 valence electrons. The molecule has 0 rings (SSSR count). The van der Waals surface area contributed by atoms with Crippen LogP contribution in [0.1, 0.15) is 26.2 Å². The molecule has 9 heteroatoms. The molecule has 0 bridgehead atoms. The van der Waals surface area contributed by atoms with Crippen molar-refractivity contribution in [1.29, 1.82) is 0 Å². The highest BCUT2D eigenvalue weighted by Crippen LogP contribution is 1.98. The summed E-state index contributed by atoms with van der Waals surface area (Å²) in [6.45, 7) is 1.09. The van der Waals surface area contributed by atoms with Crippen molar-refractivity contribution in [2.24, 2.45) is 0 Å². The molecular formula is C11H22O9. The summed E-state index contributed by atoms with van der Waals surface area (Å²) in [4.78, 5) is 19.6. The zero-order chi connectivity index (χ0) is 16.0. The molecule has 0 spiro atoms. The number of aliphatic hydroxyl groups is 3. The second-order valence-corrected chi connectivity index (χ2v) is 3.83. The number of hydrogen-bond donors (Lipinski definition) is 5. The van der Waals surface area contributed by atoms with Crippen molar-refractivity contribution in [1.82, 2.24) is 0 Å². The van der Waals surface area contributed by atoms with E-state index in [0.717, 1.165) is 6.42 Å². The molecule has 0 fully saturated rings. The van der Waals surface area contributed by atoms with E-state index in [4.69, 9.17) is 25.5 Å². The lowest BCUT2D eigenvalue weighted by atomic mass is 10.2. The molecule has 0 saturated heterocycles. The Morgan fingerprint density at radius 2 is 1.70 bits per heavy atom. The Morgan fingerprint density at radius 1 is 1.10 bits per heavy atom. The van der Waals surface area contributed by atoms with Crippen molar-refractivity contribution in [3.8, 4) is 0 Å². The summed E-state index contributed by atoms with van der Waals surface area (Å²) >= 11 is 0. The van der Waals surface area contributed by atoms with E-state index >= 15 is 0 Å². The fraction of sp³-hybridized carbons (Fsp3) is 0.818. The molecule has 2 atom stereocenters. The van der Waals surface area contributed by atoms with Gasteiger partial charge in [0.2, 0.25) is 0 Å². The predicted molar refractivity (Wildman–Crippen MR) is 66.6 cm³/mol. The molecule has 0 radical (unpaired) electrons. The highest BCUT2D eigenvalue weighted by atomic mass is 16.7. The van der Waals surface area contributed by atoms with Crippen molar-refractivity contribution in [2.45, 2.75) is 38.4 Å². The van der Waals surface area contributed by atoms with Crippen LogP contribution in [0.3, 0.4) is 0 Å². The van der Waals surface area contributed by atoms with Crippen LogP contribution in [0.2, 0.25) is 0 Å². The van der Waals surface area contributed by atoms with E-state index in [1.807, 2.05) is 0 Å². The van der Waals surface area contributed by atoms with E-state index in [1.54, 1.807) is 0 Å². The number of rotatable bonds is 8. The topological polar surface area (TPSA) is 154 Å². The van der Waals surface area contributed by atoms with Crippen LogP contribution in [0.5, 0.6) is 0 Å². The van der Waals surface area contributed by atoms with Gasteiger partial charge in [-0.15, -0.1) is 0 Å². The van der Waals surface area contributed by atoms with Gasteiger partial charge in [-0.25, -0.2) is 9.59 Å². The van der Waals surface area contributed by atoms with Gasteiger partial charge in [0.25, 0.3) is 0 Å². The maximum Gasteiger partial charge on any atom is 0.506 e. The van der Waals surface area contributed by atoms with Gasteiger partial charge in [-0.2, -0.15) is 0 Å². The van der Waals surface area contributed by atoms with Crippen LogP contribution in [0.4, 0.5) is 9.59 Å². The summed E-state index contributed by atoms with van der Waals surface area (Å²) in [6.07, 6.45) is -2.22. The molecule has 0 amide bonds. The van der Waals surface area contributed by atoms with Gasteiger partial charge in [0.15, 0.2) is 0 Å². The lowest BCUT2D eigenvalue weighted by molar-refractivity contribution is 0.0122. The molecule has 0 aliphatic carbocycles. The van der Waals surface area contributed by atoms with Crippen LogP contribution in [0.15, 0.2) is 0 Å². The van der Waals surface area contributed by atoms with Crippen LogP contribution in [-0.4, -0.2) is 69.9 Å². The first-order chi connectivity index (χ1) is 9.33. The highest BCUT2D eigenvalue weighted by molar-refractivity contribution is 5.58. The van der Waals surface area contributed by atoms with Crippen LogP contribution in [0, 0.1) is 0 Å². The smallest absolute Gasteiger partial charge is 0.450 e. The molecule has 0 heterocycles. The van der Waals surface area contributed by atoms with E-state index in [1.165, 1.54) is 6.92 Å². The van der Waals surface area contributed by atoms with Gasteiger partial charge in [0, 0.05) is 6.61 Å². The summed E-state index contributed by atoms with van der Waals surface area (Å²) in [5.41, 5.74) is 0. The zero-order valence-corrected chi connectivity index (χ0v) is 11.3. The Hall–Kier alpha value is -1.58. The number of carbonyl (C=O) groups is 2. The molecule has 0 aromatic rings. The van der Waals surface area contributed by atoms with Crippen molar-refractivity contribution in [3.63, 3.8) is 0 Å². The quantitative estimate of drug-likeness (QED) is 0.313. The first-order valence-electron chi connectivity index (χ1n) is 5.98. The number of carboxylic acid groups (broad SMARTS) is 2. The van der Waals surface area contributed by atoms with Gasteiger partial charge >= 0.3 is 12.3 Å². The van der Waals surface area contributed by atoms with Crippen LogP contribution < -0.4 is 0 Å². The van der Waals surface area contributed by atoms with Crippen molar-refractivity contribution >= 4 is 12.3 Å². The van der Waals surface area contributed by atoms with Gasteiger partial charge in [-0.05, 0) is 26.2 Å². The summed E-state index contributed by atoms with van der Waals surface area (Å²) < 4.78 is 8.16. The Morgan fingerprint density at radius 3 is 2.10 bits per heavy atom. The van der Waals surface area contributed by atoms with Crippen LogP contribution in [-0.2, 0) is 9.47 Å². The van der Waals surface area contributed by atoms with Crippen molar-refractivity contribution in [3.05, 3.63) is 0 Å². The van der Waals surface area contributed by atoms with Crippen molar-refractivity contribution in [2.75, 3.05) is 19.8 Å². The third-order valence-electron chi connectivity index (χ3n) is 1.90. The first-order valence-corrected chi connectivity index (χ1v) is 5.98. The van der Waals surface area contributed by atoms with E-state index in [9.17, 15) is 9.59 Å². The van der Waals surface area contributed by atoms with Gasteiger partial charge < -0.3 is 35.0 Å². The number of aliphatic hydroxyl groups excluding tert-OH is 3. The predicted octanol–water partition coefficient (Wildman–Crippen LogP) is 0.266. The Labute approximate surface area is 116 Å². The molecule has 0 aliphatic rings. The summed E-state index contributed by atoms with van der Waals surface area (Å²) in [6, 6.07) is 0. The van der Waals surface area contributed by atoms with Gasteiger partial charge in [-0.3, -0.25) is 0 Å². The molecule has 2 unspecified atom stereocenters. The van der Waals surface area contributed by atoms with Gasteiger partial charge in [-0.1, -0.05) is 0 Å². The Balaban J connectivity index is 0. The standard InChI is InChI=1S/C6H14O3.C5H8O6/c7-4-2-1-3-6(9)5-8;1-3(11-5(8)9)2-10-4(6)7/h6-9H,1-5H2;3H,2H2,1H3,(H,6,7)(H,8,9). The Kier molecular flexibility index (Phi) is 14.3. The molecule has 0 aliphatic heterocycles. The fourth-order valence-corrected chi connectivity index (χ4v) is 0.978. The van der Waals surface area contributed by atoms with Gasteiger partial charge in [0.1, 0.15) is 12.7 Å². The van der Waals surface area contributed by atoms with Crippen LogP contribution in [0.25, 0.3) is 0 Å². The third-order valence-corrected chi connectivity index (χ3v) is 1.90. The van der Waals surface area contributed by atoms with E-state index in [-0.39, 0.29) is 19.8 Å². The summed E-state index contributed by atoms with van der Waals surface area (Å²) in [7, 11) is 0. The SMILES string of the molecule is CC(COC(=O)O)OC(=O)O.OCCCCC(O)CO. The number of hydrogen-bond acceptors (Lipinski definition) is 7. The molecule has 0 aromatic heterocycles. The maximum absolute atomic E-state index is 9.83. The number of unbranched alkanes of at least 4 members (excludes halogenated alkanes) is 1. The normalized spacial score (nSPS) is 12.6. The lowest BCUT2D eigenvalue weighted by Gasteiger charge is -2.08. The largest absolute Gasteiger partial charge is 0.506 e. The minimum absolute atomic E-state index is 0.165. The minimum Gasteiger partial charge on any atom is -0.450 e. The van der Waals surface area contributed by atoms with Gasteiger partial charge in [0.05, 0.1) is 12.7 Å². The Bertz CT molecular complexity index is 256. The summed E-state index contributed by atoms with van der Waals surface area (Å²) in [5, 5.41) is 41.4. The lowest BCUT2D eigenvalue weighted by Crippen LogP contribution is -2.20. The zero-order valence-electron chi connectivity index (χ0n) is 11.3. The monoisotopic (exact) mass is 298 g/mol.